The number of fused-ring (bicyclic) bond motifs is 3. The van der Waals surface area contributed by atoms with Gasteiger partial charge in [-0.25, -0.2) is 0 Å². The smallest absolute Gasteiger partial charge is 0.254 e. The molecule has 6 rings (SSSR count). The average Bonchev–Trinajstić information content (AvgIpc) is 2.69. The first kappa shape index (κ1) is 6.64. The van der Waals surface area contributed by atoms with Crippen LogP contribution in [0.25, 0.3) is 0 Å². The molecule has 4 aliphatic heterocycles. The number of benzene rings is 1. The second-order valence-corrected chi connectivity index (χ2v) is 6.38. The number of amides is 1. The van der Waals surface area contributed by atoms with E-state index >= 15 is 0 Å². The van der Waals surface area contributed by atoms with Gasteiger partial charge in [0.25, 0.3) is 5.91 Å². The molecule has 1 unspecified atom stereocenters. The van der Waals surface area contributed by atoms with Crippen LogP contribution in [0.15, 0.2) is 18.1 Å². The summed E-state index contributed by atoms with van der Waals surface area (Å²) in [5, 5.41) is 0. The van der Waals surface area contributed by atoms with Crippen molar-refractivity contribution in [1.29, 1.82) is 0 Å². The molecular weight excluding hydrogens is 272 g/mol. The molecule has 1 amide bonds. The molecule has 2 bridgehead atoms. The summed E-state index contributed by atoms with van der Waals surface area (Å²) in [6, 6.07) is -3.13. The molecule has 0 spiro atoms. The Morgan fingerprint density at radius 1 is 1.32 bits per heavy atom. The Hall–Kier alpha value is -1.35. The number of piperidine rings is 3. The van der Waals surface area contributed by atoms with Crippen molar-refractivity contribution in [3.63, 3.8) is 0 Å². The van der Waals surface area contributed by atoms with Crippen molar-refractivity contribution < 1.29 is 18.5 Å². The van der Waals surface area contributed by atoms with Crippen molar-refractivity contribution in [2.75, 3.05) is 26.1 Å². The lowest BCUT2D eigenvalue weighted by Crippen LogP contribution is -2.60. The molecular formula is C19H24N2O. The largest absolute Gasteiger partial charge is 0.333 e. The Kier molecular flexibility index (Phi) is 1.46. The van der Waals surface area contributed by atoms with Gasteiger partial charge in [-0.1, -0.05) is 12.1 Å². The van der Waals surface area contributed by atoms with Crippen LogP contribution >= 0.6 is 0 Å². The normalized spacial score (nSPS) is 53.2. The van der Waals surface area contributed by atoms with E-state index in [4.69, 9.17) is 12.3 Å². The van der Waals surface area contributed by atoms with Crippen molar-refractivity contribution in [2.24, 2.45) is 5.92 Å². The van der Waals surface area contributed by atoms with Crippen molar-refractivity contribution in [3.8, 4) is 0 Å². The van der Waals surface area contributed by atoms with Crippen LogP contribution in [-0.4, -0.2) is 47.9 Å². The minimum atomic E-state index is -2.36. The Labute approximate surface area is 146 Å². The fourth-order valence-electron chi connectivity index (χ4n) is 4.05. The fraction of sp³-hybridized carbons (Fsp3) is 0.632. The van der Waals surface area contributed by atoms with Crippen LogP contribution in [0.4, 0.5) is 0 Å². The number of carbonyl (C=O) groups is 1. The van der Waals surface area contributed by atoms with Gasteiger partial charge in [0.15, 0.2) is 0 Å². The molecule has 116 valence electrons. The topological polar surface area (TPSA) is 23.6 Å². The first-order valence-corrected chi connectivity index (χ1v) is 7.87. The molecule has 0 aromatic heterocycles. The van der Waals surface area contributed by atoms with Crippen molar-refractivity contribution in [2.45, 2.75) is 43.9 Å². The highest BCUT2D eigenvalue weighted by atomic mass is 16.2. The van der Waals surface area contributed by atoms with Gasteiger partial charge in [0.1, 0.15) is 0 Å². The third kappa shape index (κ3) is 1.81. The summed E-state index contributed by atoms with van der Waals surface area (Å²) in [5.74, 6) is -2.22. The molecule has 3 heteroatoms. The average molecular weight is 306 g/mol. The highest BCUT2D eigenvalue weighted by Crippen LogP contribution is 2.41. The molecule has 4 heterocycles. The Morgan fingerprint density at radius 2 is 2.27 bits per heavy atom. The third-order valence-electron chi connectivity index (χ3n) is 5.16. The van der Waals surface area contributed by atoms with Gasteiger partial charge in [-0.05, 0) is 68.1 Å². The maximum absolute atomic E-state index is 13.7. The first-order valence-electron chi connectivity index (χ1n) is 12.9. The Balaban J connectivity index is 1.68. The molecule has 3 nitrogen and oxygen atoms in total. The quantitative estimate of drug-likeness (QED) is 0.796. The van der Waals surface area contributed by atoms with E-state index < -0.39 is 55.1 Å². The van der Waals surface area contributed by atoms with E-state index in [0.29, 0.717) is 6.42 Å². The summed E-state index contributed by atoms with van der Waals surface area (Å²) in [6.07, 6.45) is -3.62. The molecule has 1 aliphatic carbocycles. The van der Waals surface area contributed by atoms with Gasteiger partial charge in [0.2, 0.25) is 0 Å². The predicted octanol–water partition coefficient (Wildman–Crippen LogP) is 2.66. The van der Waals surface area contributed by atoms with E-state index in [2.05, 4.69) is 0 Å². The standard InChI is InChI=1S/C19H24N2O/c22-19-16-6-2-4-14-3-1-5-15(18(14)16)11-21(19)17-12-20-9-7-13(17)8-10-20/h2,4,6,13,15,17H,1,3,5,7-12H2/t15-,17-/m1/s1/i2D,3D2,4D,6D,7D2,9D2,17D/t13-,15-,17-. The van der Waals surface area contributed by atoms with Crippen LogP contribution in [0.1, 0.15) is 66.7 Å². The zero-order valence-electron chi connectivity index (χ0n) is 22.2. The second kappa shape index (κ2) is 4.82. The van der Waals surface area contributed by atoms with Gasteiger partial charge in [0, 0.05) is 38.8 Å². The lowest BCUT2D eigenvalue weighted by atomic mass is 9.75. The van der Waals surface area contributed by atoms with E-state index in [-0.39, 0.29) is 55.2 Å². The molecule has 0 radical (unpaired) electrons. The number of hydrogen-bond donors (Lipinski definition) is 0. The van der Waals surface area contributed by atoms with Gasteiger partial charge in [-0.2, -0.15) is 0 Å². The Morgan fingerprint density at radius 3 is 3.18 bits per heavy atom. The summed E-state index contributed by atoms with van der Waals surface area (Å²) in [7, 11) is 0. The lowest BCUT2D eigenvalue weighted by Gasteiger charge is -2.51. The van der Waals surface area contributed by atoms with Crippen molar-refractivity contribution >= 4 is 5.91 Å². The Bertz CT molecular complexity index is 1040. The molecule has 22 heavy (non-hydrogen) atoms. The maximum atomic E-state index is 13.7. The number of hydrogen-bond acceptors (Lipinski definition) is 2. The van der Waals surface area contributed by atoms with Gasteiger partial charge >= 0.3 is 0 Å². The number of nitrogens with zero attached hydrogens (tertiary/aromatic N) is 2. The summed E-state index contributed by atoms with van der Waals surface area (Å²) in [5.41, 5.74) is 0.113. The van der Waals surface area contributed by atoms with Crippen LogP contribution in [0.5, 0.6) is 0 Å². The van der Waals surface area contributed by atoms with E-state index in [1.54, 1.807) is 0 Å². The second-order valence-electron chi connectivity index (χ2n) is 6.38. The molecule has 0 N–H and O–H groups in total. The molecule has 5 aliphatic rings. The zero-order chi connectivity index (χ0) is 23.6. The minimum absolute atomic E-state index is 0.0163. The molecule has 3 saturated heterocycles. The van der Waals surface area contributed by atoms with E-state index in [1.807, 2.05) is 0 Å². The third-order valence-corrected chi connectivity index (χ3v) is 5.16. The van der Waals surface area contributed by atoms with Crippen LogP contribution in [-0.2, 0) is 6.37 Å². The first-order chi connectivity index (χ1) is 14.7. The summed E-state index contributed by atoms with van der Waals surface area (Å²) >= 11 is 0. The molecule has 1 aromatic rings. The van der Waals surface area contributed by atoms with Crippen LogP contribution < -0.4 is 0 Å². The van der Waals surface area contributed by atoms with Gasteiger partial charge in [0.05, 0.1) is 5.48 Å². The van der Waals surface area contributed by atoms with Crippen LogP contribution in [0.3, 0.4) is 0 Å². The highest BCUT2D eigenvalue weighted by Gasteiger charge is 2.43. The predicted molar refractivity (Wildman–Crippen MR) is 86.1 cm³/mol. The van der Waals surface area contributed by atoms with Gasteiger partial charge in [-0.3, -0.25) is 4.79 Å². The van der Waals surface area contributed by atoms with Crippen LogP contribution in [0.2, 0.25) is 0 Å². The van der Waals surface area contributed by atoms with E-state index in [9.17, 15) is 6.17 Å². The summed E-state index contributed by atoms with van der Waals surface area (Å²) in [4.78, 5) is 16.2. The van der Waals surface area contributed by atoms with Crippen molar-refractivity contribution in [3.05, 3.63) is 34.8 Å². The van der Waals surface area contributed by atoms with Gasteiger partial charge < -0.3 is 9.80 Å². The van der Waals surface area contributed by atoms with Gasteiger partial charge in [-0.15, -0.1) is 0 Å². The number of carbonyl (C=O) groups excluding carboxylic acids is 1. The molecule has 4 atom stereocenters. The summed E-state index contributed by atoms with van der Waals surface area (Å²) in [6.45, 7) is -2.12. The maximum Gasteiger partial charge on any atom is 0.254 e. The fourth-order valence-corrected chi connectivity index (χ4v) is 4.05. The molecule has 0 saturated carbocycles. The minimum Gasteiger partial charge on any atom is -0.333 e. The molecule has 3 fully saturated rings. The van der Waals surface area contributed by atoms with E-state index in [0.717, 1.165) is 0 Å². The van der Waals surface area contributed by atoms with Crippen LogP contribution in [0, 0.1) is 5.92 Å². The SMILES string of the molecule is [2H]c1c([2H])c2c3c(c1[2H])C([2H])([2H])CC[C@@H]3CN([C@]1([2H])CN3CC[C@H]1C([2H])([2H])C3([2H])[2H])C2=O. The lowest BCUT2D eigenvalue weighted by molar-refractivity contribution is 0.00258. The monoisotopic (exact) mass is 306 g/mol. The highest BCUT2D eigenvalue weighted by molar-refractivity contribution is 5.97. The number of rotatable bonds is 1. The van der Waals surface area contributed by atoms with E-state index in [1.165, 1.54) is 9.80 Å². The van der Waals surface area contributed by atoms with Crippen molar-refractivity contribution in [1.82, 2.24) is 9.80 Å². The summed E-state index contributed by atoms with van der Waals surface area (Å²) < 4.78 is 84.1. The zero-order valence-corrected chi connectivity index (χ0v) is 12.2. The molecule has 1 aromatic carbocycles.